The highest BCUT2D eigenvalue weighted by atomic mass is 19.1. The summed E-state index contributed by atoms with van der Waals surface area (Å²) in [5.74, 6) is -0.832. The van der Waals surface area contributed by atoms with E-state index >= 15 is 0 Å². The highest BCUT2D eigenvalue weighted by Gasteiger charge is 2.20. The topological polar surface area (TPSA) is 84.4 Å². The Morgan fingerprint density at radius 1 is 1.10 bits per heavy atom. The van der Waals surface area contributed by atoms with Crippen molar-refractivity contribution in [1.29, 1.82) is 0 Å². The zero-order chi connectivity index (χ0) is 21.4. The number of nitrogens with two attached hydrogens (primary N) is 1. The van der Waals surface area contributed by atoms with Crippen LogP contribution in [-0.4, -0.2) is 38.7 Å². The largest absolute Gasteiger partial charge is 0.368 e. The van der Waals surface area contributed by atoms with E-state index < -0.39 is 11.6 Å². The molecule has 0 spiro atoms. The molecule has 3 aromatic heterocycles. The Hall–Kier alpha value is -3.59. The molecular weight excluding hydrogens is 400 g/mol. The molecule has 1 atom stereocenters. The van der Waals surface area contributed by atoms with Crippen LogP contribution in [0, 0.1) is 11.6 Å². The van der Waals surface area contributed by atoms with Gasteiger partial charge in [0.25, 0.3) is 0 Å². The summed E-state index contributed by atoms with van der Waals surface area (Å²) in [5, 5.41) is 7.82. The molecule has 0 aliphatic carbocycles. The lowest BCUT2D eigenvalue weighted by molar-refractivity contribution is 0.506. The highest BCUT2D eigenvalue weighted by Crippen LogP contribution is 2.30. The van der Waals surface area contributed by atoms with Gasteiger partial charge in [0.2, 0.25) is 5.95 Å². The van der Waals surface area contributed by atoms with Crippen LogP contribution in [-0.2, 0) is 0 Å². The summed E-state index contributed by atoms with van der Waals surface area (Å²) in [5.41, 5.74) is 9.25. The molecule has 0 radical (unpaired) electrons. The minimum atomic E-state index is -0.669. The number of piperidine rings is 1. The summed E-state index contributed by atoms with van der Waals surface area (Å²) in [6, 6.07) is 8.99. The quantitative estimate of drug-likeness (QED) is 0.522. The summed E-state index contributed by atoms with van der Waals surface area (Å²) in [6.07, 6.45) is 7.20. The maximum atomic E-state index is 14.3. The van der Waals surface area contributed by atoms with Gasteiger partial charge in [-0.2, -0.15) is 9.61 Å². The monoisotopic (exact) mass is 421 g/mol. The lowest BCUT2D eigenvalue weighted by atomic mass is 10.1. The average Bonchev–Trinajstić information content (AvgIpc) is 3.16. The zero-order valence-electron chi connectivity index (χ0n) is 16.7. The van der Waals surface area contributed by atoms with E-state index in [0.29, 0.717) is 11.6 Å². The number of fused-ring (bicyclic) bond motifs is 1. The number of nitrogens with one attached hydrogen (secondary N) is 1. The van der Waals surface area contributed by atoms with Crippen LogP contribution >= 0.6 is 0 Å². The van der Waals surface area contributed by atoms with Crippen molar-refractivity contribution in [3.05, 3.63) is 66.6 Å². The number of halogens is 2. The van der Waals surface area contributed by atoms with Crippen molar-refractivity contribution < 1.29 is 8.78 Å². The third kappa shape index (κ3) is 3.79. The molecule has 3 N–H and O–H groups in total. The highest BCUT2D eigenvalue weighted by molar-refractivity contribution is 5.74. The molecule has 0 amide bonds. The number of hydrogen-bond donors (Lipinski definition) is 2. The summed E-state index contributed by atoms with van der Waals surface area (Å²) in [4.78, 5) is 10.9. The van der Waals surface area contributed by atoms with Gasteiger partial charge in [-0.25, -0.2) is 13.8 Å². The maximum absolute atomic E-state index is 14.3. The second kappa shape index (κ2) is 7.92. The molecule has 5 rings (SSSR count). The molecule has 31 heavy (non-hydrogen) atoms. The van der Waals surface area contributed by atoms with E-state index in [9.17, 15) is 8.78 Å². The Kier molecular flexibility index (Phi) is 4.95. The molecule has 1 fully saturated rings. The smallest absolute Gasteiger partial charge is 0.229 e. The molecule has 158 valence electrons. The van der Waals surface area contributed by atoms with Crippen LogP contribution in [0.3, 0.4) is 0 Å². The van der Waals surface area contributed by atoms with E-state index in [4.69, 9.17) is 5.73 Å². The maximum Gasteiger partial charge on any atom is 0.229 e. The second-order valence-electron chi connectivity index (χ2n) is 7.63. The third-order valence-corrected chi connectivity index (χ3v) is 5.43. The lowest BCUT2D eigenvalue weighted by Crippen LogP contribution is -2.43. The van der Waals surface area contributed by atoms with E-state index in [2.05, 4.69) is 25.3 Å². The standard InChI is InChI=1S/C22H21F2N7/c23-14-3-5-17(18(24)10-14)19-6-4-16-11-27-22(31(16)29-19)28-20-12-26-8-7-21(20)30-9-1-2-15(25)13-30/h3-8,10-12,15H,1-2,9,13,25H2,(H,27,28). The third-order valence-electron chi connectivity index (χ3n) is 5.43. The molecule has 1 unspecified atom stereocenters. The van der Waals surface area contributed by atoms with E-state index in [0.717, 1.165) is 48.9 Å². The molecule has 1 aliphatic heterocycles. The summed E-state index contributed by atoms with van der Waals surface area (Å²) < 4.78 is 29.1. The van der Waals surface area contributed by atoms with E-state index in [1.54, 1.807) is 35.2 Å². The number of rotatable bonds is 4. The van der Waals surface area contributed by atoms with Crippen molar-refractivity contribution in [2.45, 2.75) is 18.9 Å². The van der Waals surface area contributed by atoms with Gasteiger partial charge in [0, 0.05) is 37.0 Å². The number of aromatic nitrogens is 4. The van der Waals surface area contributed by atoms with Gasteiger partial charge < -0.3 is 16.0 Å². The molecule has 4 aromatic rings. The van der Waals surface area contributed by atoms with Crippen molar-refractivity contribution in [3.63, 3.8) is 0 Å². The first kappa shape index (κ1) is 19.4. The van der Waals surface area contributed by atoms with E-state index in [1.807, 2.05) is 6.07 Å². The average molecular weight is 421 g/mol. The fraction of sp³-hybridized carbons (Fsp3) is 0.227. The molecular formula is C22H21F2N7. The normalized spacial score (nSPS) is 16.6. The van der Waals surface area contributed by atoms with Crippen molar-refractivity contribution in [2.24, 2.45) is 5.73 Å². The molecule has 0 saturated carbocycles. The Morgan fingerprint density at radius 3 is 2.84 bits per heavy atom. The van der Waals surface area contributed by atoms with Crippen molar-refractivity contribution in [3.8, 4) is 11.3 Å². The first-order valence-corrected chi connectivity index (χ1v) is 10.1. The Balaban J connectivity index is 1.51. The molecule has 4 heterocycles. The second-order valence-corrected chi connectivity index (χ2v) is 7.63. The Bertz CT molecular complexity index is 1240. The predicted molar refractivity (Wildman–Crippen MR) is 115 cm³/mol. The fourth-order valence-electron chi connectivity index (χ4n) is 3.92. The van der Waals surface area contributed by atoms with Crippen LogP contribution in [0.5, 0.6) is 0 Å². The van der Waals surface area contributed by atoms with Gasteiger partial charge >= 0.3 is 0 Å². The van der Waals surface area contributed by atoms with Crippen molar-refractivity contribution in [2.75, 3.05) is 23.3 Å². The van der Waals surface area contributed by atoms with Gasteiger partial charge in [-0.05, 0) is 43.2 Å². The summed E-state index contributed by atoms with van der Waals surface area (Å²) in [7, 11) is 0. The van der Waals surface area contributed by atoms with Gasteiger partial charge in [-0.1, -0.05) is 0 Å². The SMILES string of the molecule is NC1CCCN(c2ccncc2Nc2ncc3ccc(-c4ccc(F)cc4F)nn23)C1. The number of hydrogen-bond acceptors (Lipinski definition) is 6. The molecule has 1 aromatic carbocycles. The van der Waals surface area contributed by atoms with Crippen molar-refractivity contribution >= 4 is 22.8 Å². The van der Waals surface area contributed by atoms with Gasteiger partial charge in [0.1, 0.15) is 11.6 Å². The Morgan fingerprint density at radius 2 is 2.00 bits per heavy atom. The molecule has 0 bridgehead atoms. The number of pyridine rings is 1. The zero-order valence-corrected chi connectivity index (χ0v) is 16.7. The van der Waals surface area contributed by atoms with Crippen LogP contribution < -0.4 is 16.0 Å². The van der Waals surface area contributed by atoms with Gasteiger partial charge in [-0.3, -0.25) is 4.98 Å². The van der Waals surface area contributed by atoms with Crippen LogP contribution in [0.15, 0.2) is 55.0 Å². The first-order valence-electron chi connectivity index (χ1n) is 10.1. The van der Waals surface area contributed by atoms with Gasteiger partial charge in [0.05, 0.1) is 35.0 Å². The molecule has 9 heteroatoms. The minimum Gasteiger partial charge on any atom is -0.368 e. The fourth-order valence-corrected chi connectivity index (χ4v) is 3.92. The van der Waals surface area contributed by atoms with Crippen LogP contribution in [0.1, 0.15) is 12.8 Å². The number of imidazole rings is 1. The van der Waals surface area contributed by atoms with Crippen LogP contribution in [0.25, 0.3) is 16.8 Å². The number of nitrogens with zero attached hydrogens (tertiary/aromatic N) is 5. The Labute approximate surface area is 177 Å². The molecule has 1 saturated heterocycles. The van der Waals surface area contributed by atoms with Crippen molar-refractivity contribution in [1.82, 2.24) is 19.6 Å². The molecule has 7 nitrogen and oxygen atoms in total. The van der Waals surface area contributed by atoms with Crippen LogP contribution in [0.4, 0.5) is 26.1 Å². The molecule has 1 aliphatic rings. The first-order chi connectivity index (χ1) is 15.1. The van der Waals surface area contributed by atoms with Gasteiger partial charge in [0.15, 0.2) is 0 Å². The summed E-state index contributed by atoms with van der Waals surface area (Å²) in [6.45, 7) is 1.69. The number of benzene rings is 1. The minimum absolute atomic E-state index is 0.136. The summed E-state index contributed by atoms with van der Waals surface area (Å²) >= 11 is 0. The number of anilines is 3. The van der Waals surface area contributed by atoms with E-state index in [1.165, 1.54) is 12.1 Å². The lowest BCUT2D eigenvalue weighted by Gasteiger charge is -2.33. The van der Waals surface area contributed by atoms with Crippen LogP contribution in [0.2, 0.25) is 0 Å². The predicted octanol–water partition coefficient (Wildman–Crippen LogP) is 3.74. The van der Waals surface area contributed by atoms with Gasteiger partial charge in [-0.15, -0.1) is 0 Å². The van der Waals surface area contributed by atoms with E-state index in [-0.39, 0.29) is 11.6 Å².